The Kier molecular flexibility index (Phi) is 5.38. The van der Waals surface area contributed by atoms with Gasteiger partial charge in [0.25, 0.3) is 0 Å². The summed E-state index contributed by atoms with van der Waals surface area (Å²) in [4.78, 5) is 25.1. The fourth-order valence-corrected chi connectivity index (χ4v) is 3.40. The number of esters is 1. The van der Waals surface area contributed by atoms with Gasteiger partial charge in [-0.15, -0.1) is 11.6 Å². The van der Waals surface area contributed by atoms with Crippen molar-refractivity contribution >= 4 is 29.4 Å². The maximum Gasteiger partial charge on any atom is 0.334 e. The minimum atomic E-state index is -0.967. The number of alkyl halides is 1. The molecule has 3 aromatic rings. The summed E-state index contributed by atoms with van der Waals surface area (Å²) in [5.74, 6) is -0.798. The standard InChI is InChI=1S/C24H16ClFO4/c1-14-10-18(29-24(28)22(25)16-7-3-2-4-8-16)13-19-21(14)23(27)20(30-19)12-15-6-5-9-17(26)11-15/h2-13,22H,1H3/b20-12-. The third kappa shape index (κ3) is 3.98. The van der Waals surface area contributed by atoms with Gasteiger partial charge in [0.05, 0.1) is 5.56 Å². The Hall–Kier alpha value is -3.44. The van der Waals surface area contributed by atoms with Gasteiger partial charge >= 0.3 is 5.97 Å². The van der Waals surface area contributed by atoms with E-state index in [9.17, 15) is 14.0 Å². The first-order valence-corrected chi connectivity index (χ1v) is 9.61. The van der Waals surface area contributed by atoms with E-state index in [4.69, 9.17) is 21.1 Å². The summed E-state index contributed by atoms with van der Waals surface area (Å²) >= 11 is 6.21. The van der Waals surface area contributed by atoms with E-state index in [1.54, 1.807) is 49.4 Å². The van der Waals surface area contributed by atoms with E-state index < -0.39 is 17.2 Å². The zero-order valence-corrected chi connectivity index (χ0v) is 16.7. The van der Waals surface area contributed by atoms with E-state index in [1.807, 2.05) is 6.07 Å². The van der Waals surface area contributed by atoms with Crippen LogP contribution in [0.1, 0.15) is 32.4 Å². The highest BCUT2D eigenvalue weighted by molar-refractivity contribution is 6.30. The lowest BCUT2D eigenvalue weighted by Gasteiger charge is -2.11. The van der Waals surface area contributed by atoms with Gasteiger partial charge in [-0.2, -0.15) is 0 Å². The first-order valence-electron chi connectivity index (χ1n) is 9.17. The van der Waals surface area contributed by atoms with Crippen LogP contribution in [0.25, 0.3) is 6.08 Å². The number of ether oxygens (including phenoxy) is 2. The number of fused-ring (bicyclic) bond motifs is 1. The van der Waals surface area contributed by atoms with E-state index in [0.29, 0.717) is 22.3 Å². The molecule has 0 N–H and O–H groups in total. The lowest BCUT2D eigenvalue weighted by Crippen LogP contribution is -2.14. The number of rotatable bonds is 4. The van der Waals surface area contributed by atoms with Gasteiger partial charge in [-0.1, -0.05) is 42.5 Å². The molecule has 0 fully saturated rings. The van der Waals surface area contributed by atoms with Gasteiger partial charge in [0.15, 0.2) is 11.1 Å². The second-order valence-corrected chi connectivity index (χ2v) is 7.24. The summed E-state index contributed by atoms with van der Waals surface area (Å²) in [6.07, 6.45) is 1.47. The topological polar surface area (TPSA) is 52.6 Å². The third-order valence-electron chi connectivity index (χ3n) is 4.61. The first-order chi connectivity index (χ1) is 14.4. The molecule has 0 saturated carbocycles. The number of aryl methyl sites for hydroxylation is 1. The molecule has 1 atom stereocenters. The Morgan fingerprint density at radius 2 is 1.87 bits per heavy atom. The summed E-state index contributed by atoms with van der Waals surface area (Å²) in [7, 11) is 0. The van der Waals surface area contributed by atoms with Crippen molar-refractivity contribution in [2.75, 3.05) is 0 Å². The molecule has 4 nitrogen and oxygen atoms in total. The molecule has 0 aromatic heterocycles. The number of carbonyl (C=O) groups excluding carboxylic acids is 2. The third-order valence-corrected chi connectivity index (χ3v) is 5.04. The van der Waals surface area contributed by atoms with E-state index in [-0.39, 0.29) is 23.0 Å². The molecule has 0 radical (unpaired) electrons. The molecule has 3 aromatic carbocycles. The van der Waals surface area contributed by atoms with E-state index in [2.05, 4.69) is 0 Å². The van der Waals surface area contributed by atoms with Crippen molar-refractivity contribution in [1.29, 1.82) is 0 Å². The highest BCUT2D eigenvalue weighted by Gasteiger charge is 2.31. The number of halogens is 2. The van der Waals surface area contributed by atoms with Crippen molar-refractivity contribution in [3.8, 4) is 11.5 Å². The van der Waals surface area contributed by atoms with Crippen LogP contribution >= 0.6 is 11.6 Å². The Morgan fingerprint density at radius 1 is 1.10 bits per heavy atom. The van der Waals surface area contributed by atoms with E-state index >= 15 is 0 Å². The van der Waals surface area contributed by atoms with Crippen molar-refractivity contribution in [3.63, 3.8) is 0 Å². The molecule has 1 aliphatic rings. The molecule has 0 aliphatic carbocycles. The van der Waals surface area contributed by atoms with Crippen molar-refractivity contribution in [2.24, 2.45) is 0 Å². The number of hydrogen-bond acceptors (Lipinski definition) is 4. The Bertz CT molecular complexity index is 1170. The van der Waals surface area contributed by atoms with Crippen molar-refractivity contribution in [1.82, 2.24) is 0 Å². The smallest absolute Gasteiger partial charge is 0.334 e. The molecule has 1 heterocycles. The summed E-state index contributed by atoms with van der Waals surface area (Å²) < 4.78 is 24.5. The van der Waals surface area contributed by atoms with Crippen molar-refractivity contribution in [3.05, 3.63) is 101 Å². The average Bonchev–Trinajstić information content (AvgIpc) is 3.03. The van der Waals surface area contributed by atoms with E-state index in [1.165, 1.54) is 24.3 Å². The highest BCUT2D eigenvalue weighted by Crippen LogP contribution is 2.38. The van der Waals surface area contributed by atoms with Gasteiger partial charge in [0, 0.05) is 6.07 Å². The molecule has 4 rings (SSSR count). The van der Waals surface area contributed by atoms with Gasteiger partial charge in [-0.05, 0) is 47.9 Å². The normalized spacial score (nSPS) is 14.9. The van der Waals surface area contributed by atoms with Crippen LogP contribution in [-0.4, -0.2) is 11.8 Å². The van der Waals surface area contributed by atoms with Crippen LogP contribution < -0.4 is 9.47 Å². The molecular formula is C24H16ClFO4. The van der Waals surface area contributed by atoms with E-state index in [0.717, 1.165) is 0 Å². The summed E-state index contributed by atoms with van der Waals surface area (Å²) in [5.41, 5.74) is 2.09. The first kappa shape index (κ1) is 19.9. The zero-order valence-electron chi connectivity index (χ0n) is 15.9. The molecular weight excluding hydrogens is 407 g/mol. The molecule has 30 heavy (non-hydrogen) atoms. The quantitative estimate of drug-likeness (QED) is 0.236. The lowest BCUT2D eigenvalue weighted by atomic mass is 10.0. The zero-order chi connectivity index (χ0) is 21.3. The molecule has 150 valence electrons. The summed E-state index contributed by atoms with van der Waals surface area (Å²) in [6.45, 7) is 1.72. The van der Waals surface area contributed by atoms with Gasteiger partial charge in [-0.25, -0.2) is 9.18 Å². The Morgan fingerprint density at radius 3 is 2.60 bits per heavy atom. The monoisotopic (exact) mass is 422 g/mol. The summed E-state index contributed by atoms with van der Waals surface area (Å²) in [5, 5.41) is -0.967. The molecule has 0 amide bonds. The second kappa shape index (κ2) is 8.13. The number of carbonyl (C=O) groups is 2. The molecule has 1 unspecified atom stereocenters. The maximum atomic E-state index is 13.4. The van der Waals surface area contributed by atoms with Crippen molar-refractivity contribution in [2.45, 2.75) is 12.3 Å². The van der Waals surface area contributed by atoms with Gasteiger partial charge in [0.2, 0.25) is 5.78 Å². The fraction of sp³-hybridized carbons (Fsp3) is 0.0833. The van der Waals surface area contributed by atoms with Crippen LogP contribution in [0.3, 0.4) is 0 Å². The van der Waals surface area contributed by atoms with Crippen LogP contribution in [0, 0.1) is 12.7 Å². The van der Waals surface area contributed by atoms with Gasteiger partial charge in [0.1, 0.15) is 17.3 Å². The van der Waals surface area contributed by atoms with Crippen molar-refractivity contribution < 1.29 is 23.5 Å². The fourth-order valence-electron chi connectivity index (χ4n) is 3.21. The summed E-state index contributed by atoms with van der Waals surface area (Å²) in [6, 6.07) is 17.7. The number of hydrogen-bond donors (Lipinski definition) is 0. The SMILES string of the molecule is Cc1cc(OC(=O)C(Cl)c2ccccc2)cc2c1C(=O)/C(=C/c1cccc(F)c1)O2. The maximum absolute atomic E-state index is 13.4. The Labute approximate surface area is 177 Å². The minimum Gasteiger partial charge on any atom is -0.452 e. The average molecular weight is 423 g/mol. The molecule has 0 bridgehead atoms. The number of allylic oxidation sites excluding steroid dienone is 1. The van der Waals surface area contributed by atoms with Gasteiger partial charge < -0.3 is 9.47 Å². The predicted octanol–water partition coefficient (Wildman–Crippen LogP) is 5.64. The van der Waals surface area contributed by atoms with Crippen LogP contribution in [0.5, 0.6) is 11.5 Å². The molecule has 0 spiro atoms. The van der Waals surface area contributed by atoms with Crippen LogP contribution in [-0.2, 0) is 4.79 Å². The number of ketones is 1. The second-order valence-electron chi connectivity index (χ2n) is 6.80. The van der Waals surface area contributed by atoms with Crippen LogP contribution in [0.4, 0.5) is 4.39 Å². The Balaban J connectivity index is 1.57. The largest absolute Gasteiger partial charge is 0.452 e. The van der Waals surface area contributed by atoms with Crippen LogP contribution in [0.2, 0.25) is 0 Å². The number of benzene rings is 3. The molecule has 0 saturated heterocycles. The minimum absolute atomic E-state index is 0.0710. The predicted molar refractivity (Wildman–Crippen MR) is 111 cm³/mol. The molecule has 6 heteroatoms. The lowest BCUT2D eigenvalue weighted by molar-refractivity contribution is -0.134. The molecule has 1 aliphatic heterocycles. The highest BCUT2D eigenvalue weighted by atomic mass is 35.5. The number of Topliss-reactive ketones (excluding diaryl/α,β-unsaturated/α-hetero) is 1. The van der Waals surface area contributed by atoms with Crippen LogP contribution in [0.15, 0.2) is 72.5 Å². The van der Waals surface area contributed by atoms with Gasteiger partial charge in [-0.3, -0.25) is 4.79 Å².